The van der Waals surface area contributed by atoms with Gasteiger partial charge in [-0.25, -0.2) is 0 Å². The van der Waals surface area contributed by atoms with E-state index in [0.29, 0.717) is 55.4 Å². The minimum absolute atomic E-state index is 0.0731. The van der Waals surface area contributed by atoms with Crippen molar-refractivity contribution in [2.24, 2.45) is 0 Å². The largest absolute Gasteiger partial charge is 0.493 e. The SMILES string of the molecule is CCCCOc1ccc(C(=O)N2CCN(C(=O)c3ccoc3)CC2)cc1OC. The normalized spacial score (nSPS) is 14.1. The zero-order valence-corrected chi connectivity index (χ0v) is 16.3. The Bertz CT molecular complexity index is 795. The van der Waals surface area contributed by atoms with Gasteiger partial charge in [-0.15, -0.1) is 0 Å². The van der Waals surface area contributed by atoms with Crippen molar-refractivity contribution in [3.63, 3.8) is 0 Å². The molecule has 1 fully saturated rings. The van der Waals surface area contributed by atoms with Gasteiger partial charge in [-0.3, -0.25) is 9.59 Å². The summed E-state index contributed by atoms with van der Waals surface area (Å²) in [7, 11) is 1.57. The maximum absolute atomic E-state index is 12.9. The molecule has 0 unspecified atom stereocenters. The van der Waals surface area contributed by atoms with E-state index in [1.54, 1.807) is 41.2 Å². The number of amides is 2. The number of carbonyl (C=O) groups excluding carboxylic acids is 2. The van der Waals surface area contributed by atoms with Crippen molar-refractivity contribution < 1.29 is 23.5 Å². The van der Waals surface area contributed by atoms with Crippen LogP contribution in [0.2, 0.25) is 0 Å². The summed E-state index contributed by atoms with van der Waals surface area (Å²) in [5.74, 6) is 1.05. The topological polar surface area (TPSA) is 72.2 Å². The fourth-order valence-corrected chi connectivity index (χ4v) is 3.11. The summed E-state index contributed by atoms with van der Waals surface area (Å²) in [6.45, 7) is 4.67. The molecule has 2 amide bonds. The number of benzene rings is 1. The van der Waals surface area contributed by atoms with E-state index in [9.17, 15) is 9.59 Å². The van der Waals surface area contributed by atoms with Crippen LogP contribution in [0.15, 0.2) is 41.2 Å². The Balaban J connectivity index is 1.60. The average Bonchev–Trinajstić information content (AvgIpc) is 3.28. The van der Waals surface area contributed by atoms with Gasteiger partial charge in [0.25, 0.3) is 11.8 Å². The molecule has 7 heteroatoms. The number of nitrogens with zero attached hydrogens (tertiary/aromatic N) is 2. The molecular weight excluding hydrogens is 360 g/mol. The molecule has 0 radical (unpaired) electrons. The third-order valence-corrected chi connectivity index (χ3v) is 4.79. The Kier molecular flexibility index (Phi) is 6.57. The molecule has 0 bridgehead atoms. The zero-order chi connectivity index (χ0) is 19.9. The van der Waals surface area contributed by atoms with Gasteiger partial charge in [0.05, 0.1) is 25.5 Å². The molecule has 1 aromatic carbocycles. The van der Waals surface area contributed by atoms with Crippen molar-refractivity contribution in [3.05, 3.63) is 47.9 Å². The molecule has 0 spiro atoms. The lowest BCUT2D eigenvalue weighted by molar-refractivity contribution is 0.0535. The molecule has 0 saturated carbocycles. The van der Waals surface area contributed by atoms with Crippen LogP contribution >= 0.6 is 0 Å². The molecule has 150 valence electrons. The highest BCUT2D eigenvalue weighted by Gasteiger charge is 2.26. The van der Waals surface area contributed by atoms with E-state index < -0.39 is 0 Å². The van der Waals surface area contributed by atoms with Gasteiger partial charge in [-0.2, -0.15) is 0 Å². The molecule has 0 aliphatic carbocycles. The van der Waals surface area contributed by atoms with E-state index >= 15 is 0 Å². The van der Waals surface area contributed by atoms with Gasteiger partial charge in [0.2, 0.25) is 0 Å². The number of rotatable bonds is 7. The Morgan fingerprint density at radius 1 is 1.00 bits per heavy atom. The van der Waals surface area contributed by atoms with Crippen molar-refractivity contribution in [3.8, 4) is 11.5 Å². The van der Waals surface area contributed by atoms with Gasteiger partial charge in [-0.05, 0) is 30.7 Å². The summed E-state index contributed by atoms with van der Waals surface area (Å²) in [5, 5.41) is 0. The van der Waals surface area contributed by atoms with Crippen LogP contribution < -0.4 is 9.47 Å². The Morgan fingerprint density at radius 2 is 1.68 bits per heavy atom. The van der Waals surface area contributed by atoms with Crippen LogP contribution in [0.4, 0.5) is 0 Å². The predicted octanol–water partition coefficient (Wildman–Crippen LogP) is 3.07. The second-order valence-corrected chi connectivity index (χ2v) is 6.66. The van der Waals surface area contributed by atoms with Crippen molar-refractivity contribution in [1.82, 2.24) is 9.80 Å². The lowest BCUT2D eigenvalue weighted by Crippen LogP contribution is -2.50. The minimum Gasteiger partial charge on any atom is -0.493 e. The number of carbonyl (C=O) groups is 2. The van der Waals surface area contributed by atoms with E-state index in [0.717, 1.165) is 12.8 Å². The van der Waals surface area contributed by atoms with Crippen LogP contribution in [0.25, 0.3) is 0 Å². The third kappa shape index (κ3) is 4.47. The van der Waals surface area contributed by atoms with Crippen LogP contribution in [-0.2, 0) is 0 Å². The fraction of sp³-hybridized carbons (Fsp3) is 0.429. The number of methoxy groups -OCH3 is 1. The van der Waals surface area contributed by atoms with Crippen LogP contribution in [0, 0.1) is 0 Å². The highest BCUT2D eigenvalue weighted by Crippen LogP contribution is 2.29. The summed E-state index contributed by atoms with van der Waals surface area (Å²) in [6.07, 6.45) is 4.94. The van der Waals surface area contributed by atoms with E-state index in [1.807, 2.05) is 0 Å². The smallest absolute Gasteiger partial charge is 0.257 e. The molecule has 1 aromatic heterocycles. The first-order chi connectivity index (χ1) is 13.6. The fourth-order valence-electron chi connectivity index (χ4n) is 3.11. The average molecular weight is 386 g/mol. The van der Waals surface area contributed by atoms with Crippen LogP contribution in [0.1, 0.15) is 40.5 Å². The van der Waals surface area contributed by atoms with Crippen molar-refractivity contribution >= 4 is 11.8 Å². The number of furan rings is 1. The van der Waals surface area contributed by atoms with Crippen molar-refractivity contribution in [2.45, 2.75) is 19.8 Å². The molecule has 7 nitrogen and oxygen atoms in total. The van der Waals surface area contributed by atoms with Gasteiger partial charge in [0.1, 0.15) is 6.26 Å². The third-order valence-electron chi connectivity index (χ3n) is 4.79. The predicted molar refractivity (Wildman–Crippen MR) is 104 cm³/mol. The lowest BCUT2D eigenvalue weighted by atomic mass is 10.1. The minimum atomic E-state index is -0.0752. The monoisotopic (exact) mass is 386 g/mol. The summed E-state index contributed by atoms with van der Waals surface area (Å²) in [6, 6.07) is 6.90. The van der Waals surface area contributed by atoms with Gasteiger partial charge in [-0.1, -0.05) is 13.3 Å². The first-order valence-electron chi connectivity index (χ1n) is 9.55. The van der Waals surface area contributed by atoms with Gasteiger partial charge < -0.3 is 23.7 Å². The molecular formula is C21H26N2O5. The first kappa shape index (κ1) is 19.8. The van der Waals surface area contributed by atoms with Crippen molar-refractivity contribution in [2.75, 3.05) is 39.9 Å². The number of hydrogen-bond donors (Lipinski definition) is 0. The highest BCUT2D eigenvalue weighted by atomic mass is 16.5. The number of piperazine rings is 1. The van der Waals surface area contributed by atoms with Gasteiger partial charge >= 0.3 is 0 Å². The molecule has 0 atom stereocenters. The van der Waals surface area contributed by atoms with Gasteiger partial charge in [0, 0.05) is 31.7 Å². The van der Waals surface area contributed by atoms with E-state index in [2.05, 4.69) is 6.92 Å². The van der Waals surface area contributed by atoms with E-state index in [4.69, 9.17) is 13.9 Å². The Hall–Kier alpha value is -2.96. The molecule has 3 rings (SSSR count). The Labute approximate surface area is 164 Å². The zero-order valence-electron chi connectivity index (χ0n) is 16.3. The van der Waals surface area contributed by atoms with E-state index in [-0.39, 0.29) is 11.8 Å². The maximum atomic E-state index is 12.9. The molecule has 28 heavy (non-hydrogen) atoms. The lowest BCUT2D eigenvalue weighted by Gasteiger charge is -2.34. The molecule has 2 aromatic rings. The summed E-state index contributed by atoms with van der Waals surface area (Å²) >= 11 is 0. The molecule has 2 heterocycles. The second-order valence-electron chi connectivity index (χ2n) is 6.66. The molecule has 1 saturated heterocycles. The van der Waals surface area contributed by atoms with Crippen LogP contribution in [0.3, 0.4) is 0 Å². The maximum Gasteiger partial charge on any atom is 0.257 e. The highest BCUT2D eigenvalue weighted by molar-refractivity contribution is 5.96. The number of ether oxygens (including phenoxy) is 2. The molecule has 1 aliphatic heterocycles. The number of hydrogen-bond acceptors (Lipinski definition) is 5. The van der Waals surface area contributed by atoms with Crippen LogP contribution in [0.5, 0.6) is 11.5 Å². The standard InChI is InChI=1S/C21H26N2O5/c1-3-4-12-28-18-6-5-16(14-19(18)26-2)20(24)22-8-10-23(11-9-22)21(25)17-7-13-27-15-17/h5-7,13-15H,3-4,8-12H2,1-2H3. The van der Waals surface area contributed by atoms with Crippen LogP contribution in [-0.4, -0.2) is 61.5 Å². The summed E-state index contributed by atoms with van der Waals surface area (Å²) < 4.78 is 16.1. The Morgan fingerprint density at radius 3 is 2.25 bits per heavy atom. The summed E-state index contributed by atoms with van der Waals surface area (Å²) in [4.78, 5) is 28.7. The number of unbranched alkanes of at least 4 members (excludes halogenated alkanes) is 1. The first-order valence-corrected chi connectivity index (χ1v) is 9.55. The van der Waals surface area contributed by atoms with Gasteiger partial charge in [0.15, 0.2) is 11.5 Å². The quantitative estimate of drug-likeness (QED) is 0.684. The summed E-state index contributed by atoms with van der Waals surface area (Å²) in [5.41, 5.74) is 1.08. The van der Waals surface area contributed by atoms with E-state index in [1.165, 1.54) is 12.5 Å². The molecule has 0 N–H and O–H groups in total. The van der Waals surface area contributed by atoms with Crippen molar-refractivity contribution in [1.29, 1.82) is 0 Å². The molecule has 1 aliphatic rings. The second kappa shape index (κ2) is 9.30.